The van der Waals surface area contributed by atoms with Crippen molar-refractivity contribution in [3.63, 3.8) is 0 Å². The summed E-state index contributed by atoms with van der Waals surface area (Å²) in [4.78, 5) is 18.4. The number of nitrogens with zero attached hydrogens (tertiary/aromatic N) is 3. The molecule has 3 rings (SSSR count). The molecule has 7 heteroatoms. The predicted octanol–water partition coefficient (Wildman–Crippen LogP) is 2.25. The van der Waals surface area contributed by atoms with E-state index in [4.69, 9.17) is 0 Å². The Labute approximate surface area is 142 Å². The number of anilines is 1. The van der Waals surface area contributed by atoms with Crippen LogP contribution in [-0.4, -0.2) is 28.5 Å². The van der Waals surface area contributed by atoms with Crippen molar-refractivity contribution in [2.24, 2.45) is 0 Å². The molecule has 22 heavy (non-hydrogen) atoms. The second-order valence-electron chi connectivity index (χ2n) is 4.90. The molecule has 0 atom stereocenters. The molecule has 0 saturated carbocycles. The largest absolute Gasteiger partial charge is 0.337 e. The highest BCUT2D eigenvalue weighted by Crippen LogP contribution is 2.22. The first-order valence-electron chi connectivity index (χ1n) is 6.89. The summed E-state index contributed by atoms with van der Waals surface area (Å²) in [6.45, 7) is 3.04. The Hall–Kier alpha value is -1.56. The minimum Gasteiger partial charge on any atom is -0.337 e. The van der Waals surface area contributed by atoms with E-state index in [1.165, 1.54) is 5.56 Å². The van der Waals surface area contributed by atoms with Gasteiger partial charge in [0.25, 0.3) is 0 Å². The van der Waals surface area contributed by atoms with Gasteiger partial charge in [-0.25, -0.2) is 4.98 Å². The Kier molecular flexibility index (Phi) is 7.38. The minimum atomic E-state index is 0. The van der Waals surface area contributed by atoms with Gasteiger partial charge in [-0.2, -0.15) is 0 Å². The Morgan fingerprint density at radius 1 is 1.27 bits per heavy atom. The van der Waals surface area contributed by atoms with Gasteiger partial charge in [0, 0.05) is 50.7 Å². The smallest absolute Gasteiger partial charge is 0.228 e. The topological polar surface area (TPSA) is 50.2 Å². The van der Waals surface area contributed by atoms with Crippen LogP contribution in [0.15, 0.2) is 43.0 Å². The van der Waals surface area contributed by atoms with Gasteiger partial charge in [-0.15, -0.1) is 24.8 Å². The van der Waals surface area contributed by atoms with Crippen LogP contribution in [0.1, 0.15) is 12.0 Å². The molecule has 0 aliphatic carbocycles. The van der Waals surface area contributed by atoms with Crippen molar-refractivity contribution < 1.29 is 4.79 Å². The third-order valence-electron chi connectivity index (χ3n) is 3.55. The van der Waals surface area contributed by atoms with E-state index in [9.17, 15) is 4.79 Å². The maximum Gasteiger partial charge on any atom is 0.228 e. The number of aromatic nitrogens is 2. The summed E-state index contributed by atoms with van der Waals surface area (Å²) >= 11 is 0. The molecule has 0 spiro atoms. The number of hydrogen-bond donors (Lipinski definition) is 1. The molecule has 0 radical (unpaired) electrons. The predicted molar refractivity (Wildman–Crippen MR) is 91.8 cm³/mol. The lowest BCUT2D eigenvalue weighted by Gasteiger charge is -2.22. The van der Waals surface area contributed by atoms with Crippen LogP contribution in [0.4, 0.5) is 5.69 Å². The van der Waals surface area contributed by atoms with Gasteiger partial charge in [0.1, 0.15) is 0 Å². The highest BCUT2D eigenvalue weighted by molar-refractivity contribution is 5.94. The molecule has 2 aromatic rings. The number of para-hydroxylation sites is 1. The quantitative estimate of drug-likeness (QED) is 0.930. The Morgan fingerprint density at radius 2 is 2.09 bits per heavy atom. The van der Waals surface area contributed by atoms with Gasteiger partial charge in [-0.3, -0.25) is 4.79 Å². The van der Waals surface area contributed by atoms with Crippen LogP contribution in [0.25, 0.3) is 0 Å². The Bertz CT molecular complexity index is 589. The molecule has 0 unspecified atom stereocenters. The summed E-state index contributed by atoms with van der Waals surface area (Å²) in [6, 6.07) is 8.10. The first kappa shape index (κ1) is 18.5. The highest BCUT2D eigenvalue weighted by Gasteiger charge is 2.20. The molecule has 1 aliphatic rings. The van der Waals surface area contributed by atoms with Gasteiger partial charge < -0.3 is 14.8 Å². The Balaban J connectivity index is 0.00000121. The second-order valence-corrected chi connectivity index (χ2v) is 4.90. The fourth-order valence-corrected chi connectivity index (χ4v) is 2.50. The van der Waals surface area contributed by atoms with E-state index in [0.29, 0.717) is 13.0 Å². The lowest BCUT2D eigenvalue weighted by atomic mass is 10.1. The molecule has 5 nitrogen and oxygen atoms in total. The van der Waals surface area contributed by atoms with Crippen molar-refractivity contribution in [3.8, 4) is 0 Å². The van der Waals surface area contributed by atoms with Crippen LogP contribution in [-0.2, 0) is 17.9 Å². The first-order valence-corrected chi connectivity index (χ1v) is 6.89. The monoisotopic (exact) mass is 342 g/mol. The molecular formula is C15H20Cl2N4O. The average molecular weight is 343 g/mol. The summed E-state index contributed by atoms with van der Waals surface area (Å²) in [5.74, 6) is 0.162. The van der Waals surface area contributed by atoms with Gasteiger partial charge in [-0.05, 0) is 11.6 Å². The number of fused-ring (bicyclic) bond motifs is 1. The van der Waals surface area contributed by atoms with Crippen LogP contribution in [0.2, 0.25) is 0 Å². The van der Waals surface area contributed by atoms with E-state index < -0.39 is 0 Å². The van der Waals surface area contributed by atoms with Crippen LogP contribution in [0.5, 0.6) is 0 Å². The zero-order chi connectivity index (χ0) is 13.8. The zero-order valence-electron chi connectivity index (χ0n) is 12.1. The van der Waals surface area contributed by atoms with Gasteiger partial charge in [0.15, 0.2) is 0 Å². The first-order chi connectivity index (χ1) is 9.84. The van der Waals surface area contributed by atoms with E-state index in [1.54, 1.807) is 12.5 Å². The number of carbonyl (C=O) groups is 1. The number of aryl methyl sites for hydroxylation is 1. The number of halogens is 2. The summed E-state index contributed by atoms with van der Waals surface area (Å²) < 4.78 is 1.93. The van der Waals surface area contributed by atoms with E-state index in [2.05, 4.69) is 16.4 Å². The number of benzene rings is 1. The van der Waals surface area contributed by atoms with Crippen LogP contribution in [0.3, 0.4) is 0 Å². The van der Waals surface area contributed by atoms with E-state index in [-0.39, 0.29) is 30.7 Å². The van der Waals surface area contributed by atoms with Crippen LogP contribution < -0.4 is 10.2 Å². The SMILES string of the molecule is Cl.Cl.O=C(CCn1ccnc1)N1CCNCc2ccccc21. The van der Waals surface area contributed by atoms with Crippen LogP contribution >= 0.6 is 24.8 Å². The summed E-state index contributed by atoms with van der Waals surface area (Å²) in [5, 5.41) is 3.35. The molecule has 1 aliphatic heterocycles. The van der Waals surface area contributed by atoms with Crippen molar-refractivity contribution in [2.75, 3.05) is 18.0 Å². The average Bonchev–Trinajstić information content (AvgIpc) is 2.90. The van der Waals surface area contributed by atoms with E-state index >= 15 is 0 Å². The maximum atomic E-state index is 12.5. The van der Waals surface area contributed by atoms with Gasteiger partial charge in [-0.1, -0.05) is 18.2 Å². The molecule has 2 heterocycles. The van der Waals surface area contributed by atoms with Crippen LogP contribution in [0, 0.1) is 0 Å². The van der Waals surface area contributed by atoms with Gasteiger partial charge in [0.2, 0.25) is 5.91 Å². The molecule has 0 fully saturated rings. The van der Waals surface area contributed by atoms with Crippen molar-refractivity contribution in [2.45, 2.75) is 19.5 Å². The lowest BCUT2D eigenvalue weighted by molar-refractivity contribution is -0.118. The lowest BCUT2D eigenvalue weighted by Crippen LogP contribution is -2.35. The fourth-order valence-electron chi connectivity index (χ4n) is 2.50. The minimum absolute atomic E-state index is 0. The number of nitrogens with one attached hydrogen (secondary N) is 1. The molecule has 0 bridgehead atoms. The molecule has 1 N–H and O–H groups in total. The fraction of sp³-hybridized carbons (Fsp3) is 0.333. The summed E-state index contributed by atoms with van der Waals surface area (Å²) in [7, 11) is 0. The van der Waals surface area contributed by atoms with E-state index in [0.717, 1.165) is 25.3 Å². The highest BCUT2D eigenvalue weighted by atomic mass is 35.5. The van der Waals surface area contributed by atoms with E-state index in [1.807, 2.05) is 33.9 Å². The molecule has 120 valence electrons. The molecule has 1 amide bonds. The molecule has 1 aromatic heterocycles. The third kappa shape index (κ3) is 4.22. The number of amides is 1. The standard InChI is InChI=1S/C15H18N4O.2ClH/c20-15(5-8-18-9-6-17-12-18)19-10-7-16-11-13-3-1-2-4-14(13)19;;/h1-4,6,9,12,16H,5,7-8,10-11H2;2*1H. The number of carbonyl (C=O) groups excluding carboxylic acids is 1. The van der Waals surface area contributed by atoms with Crippen molar-refractivity contribution >= 4 is 36.4 Å². The number of rotatable bonds is 3. The van der Waals surface area contributed by atoms with Gasteiger partial charge >= 0.3 is 0 Å². The third-order valence-corrected chi connectivity index (χ3v) is 3.55. The van der Waals surface area contributed by atoms with Crippen molar-refractivity contribution in [1.29, 1.82) is 0 Å². The van der Waals surface area contributed by atoms with Crippen molar-refractivity contribution in [3.05, 3.63) is 48.5 Å². The zero-order valence-corrected chi connectivity index (χ0v) is 13.8. The van der Waals surface area contributed by atoms with Crippen molar-refractivity contribution in [1.82, 2.24) is 14.9 Å². The molecule has 1 aromatic carbocycles. The van der Waals surface area contributed by atoms with Gasteiger partial charge in [0.05, 0.1) is 6.33 Å². The number of imidazole rings is 1. The number of hydrogen-bond acceptors (Lipinski definition) is 3. The molecular weight excluding hydrogens is 323 g/mol. The second kappa shape index (κ2) is 8.78. The Morgan fingerprint density at radius 3 is 2.86 bits per heavy atom. The normalized spacial score (nSPS) is 13.4. The summed E-state index contributed by atoms with van der Waals surface area (Å²) in [6.07, 6.45) is 5.84. The maximum absolute atomic E-state index is 12.5. The summed E-state index contributed by atoms with van der Waals surface area (Å²) in [5.41, 5.74) is 2.22. The molecule has 0 saturated heterocycles.